The van der Waals surface area contributed by atoms with Gasteiger partial charge in [0.25, 0.3) is 0 Å². The largest absolute Gasteiger partial charge is 0.480 e. The Bertz CT molecular complexity index is 948. The third-order valence-electron chi connectivity index (χ3n) is 4.88. The summed E-state index contributed by atoms with van der Waals surface area (Å²) in [6.07, 6.45) is 2.92. The van der Waals surface area contributed by atoms with E-state index < -0.39 is 5.97 Å². The highest BCUT2D eigenvalue weighted by Crippen LogP contribution is 2.27. The van der Waals surface area contributed by atoms with Gasteiger partial charge in [-0.2, -0.15) is 5.10 Å². The zero-order valence-corrected chi connectivity index (χ0v) is 16.7. The van der Waals surface area contributed by atoms with Gasteiger partial charge in [0.05, 0.1) is 17.9 Å². The molecule has 0 fully saturated rings. The van der Waals surface area contributed by atoms with Crippen molar-refractivity contribution in [3.05, 3.63) is 71.4 Å². The summed E-state index contributed by atoms with van der Waals surface area (Å²) in [6.45, 7) is 7.56. The molecule has 3 aromatic rings. The van der Waals surface area contributed by atoms with E-state index >= 15 is 0 Å². The summed E-state index contributed by atoms with van der Waals surface area (Å²) < 4.78 is 1.88. The van der Waals surface area contributed by atoms with Crippen LogP contribution in [-0.2, 0) is 11.3 Å². The van der Waals surface area contributed by atoms with Crippen molar-refractivity contribution in [3.63, 3.8) is 0 Å². The fraction of sp³-hybridized carbons (Fsp3) is 0.304. The van der Waals surface area contributed by atoms with Crippen molar-refractivity contribution >= 4 is 5.97 Å². The first-order valence-electron chi connectivity index (χ1n) is 9.63. The molecule has 1 heterocycles. The number of carboxylic acids is 1. The van der Waals surface area contributed by atoms with Crippen LogP contribution in [0, 0.1) is 13.8 Å². The Kier molecular flexibility index (Phi) is 6.26. The molecule has 0 radical (unpaired) electrons. The fourth-order valence-electron chi connectivity index (χ4n) is 3.33. The standard InChI is InChI=1S/C23H27N3O2/c1-4-12-25(16-22(27)28)14-20-15-26(21-8-6-5-7-9-21)24-23(20)19-11-10-17(2)18(3)13-19/h5-11,13,15H,4,12,14,16H2,1-3H3,(H,27,28). The minimum absolute atomic E-state index is 0.0245. The van der Waals surface area contributed by atoms with Crippen molar-refractivity contribution in [1.29, 1.82) is 0 Å². The molecule has 0 aliphatic rings. The molecule has 0 amide bonds. The van der Waals surface area contributed by atoms with Gasteiger partial charge in [0.1, 0.15) is 0 Å². The van der Waals surface area contributed by atoms with Gasteiger partial charge in [-0.25, -0.2) is 4.68 Å². The average molecular weight is 377 g/mol. The van der Waals surface area contributed by atoms with Crippen LogP contribution in [0.4, 0.5) is 0 Å². The second kappa shape index (κ2) is 8.85. The van der Waals surface area contributed by atoms with Gasteiger partial charge in [-0.05, 0) is 56.1 Å². The number of para-hydroxylation sites is 1. The quantitative estimate of drug-likeness (QED) is 0.630. The van der Waals surface area contributed by atoms with Crippen LogP contribution in [0.5, 0.6) is 0 Å². The summed E-state index contributed by atoms with van der Waals surface area (Å²) in [5.41, 5.74) is 6.43. The molecule has 3 rings (SSSR count). The summed E-state index contributed by atoms with van der Waals surface area (Å²) >= 11 is 0. The van der Waals surface area contributed by atoms with Gasteiger partial charge in [0.15, 0.2) is 0 Å². The zero-order valence-electron chi connectivity index (χ0n) is 16.7. The van der Waals surface area contributed by atoms with Crippen LogP contribution in [0.25, 0.3) is 16.9 Å². The Hall–Kier alpha value is -2.92. The van der Waals surface area contributed by atoms with E-state index in [1.165, 1.54) is 11.1 Å². The number of aliphatic carboxylic acids is 1. The molecule has 0 bridgehead atoms. The van der Waals surface area contributed by atoms with Crippen LogP contribution < -0.4 is 0 Å². The molecule has 0 spiro atoms. The first-order valence-corrected chi connectivity index (χ1v) is 9.63. The van der Waals surface area contributed by atoms with Gasteiger partial charge in [0, 0.05) is 23.9 Å². The van der Waals surface area contributed by atoms with E-state index in [0.29, 0.717) is 6.54 Å². The van der Waals surface area contributed by atoms with Gasteiger partial charge < -0.3 is 5.11 Å². The zero-order chi connectivity index (χ0) is 20.1. The number of aromatic nitrogens is 2. The van der Waals surface area contributed by atoms with Gasteiger partial charge in [-0.15, -0.1) is 0 Å². The Morgan fingerprint density at radius 2 is 1.86 bits per heavy atom. The molecule has 5 nitrogen and oxygen atoms in total. The van der Waals surface area contributed by atoms with Crippen LogP contribution in [0.1, 0.15) is 30.0 Å². The number of aryl methyl sites for hydroxylation is 2. The van der Waals surface area contributed by atoms with E-state index in [1.54, 1.807) is 0 Å². The summed E-state index contributed by atoms with van der Waals surface area (Å²) in [6, 6.07) is 16.3. The molecular weight excluding hydrogens is 350 g/mol. The van der Waals surface area contributed by atoms with E-state index in [-0.39, 0.29) is 6.54 Å². The SMILES string of the molecule is CCCN(CC(=O)O)Cc1cn(-c2ccccc2)nc1-c1ccc(C)c(C)c1. The predicted octanol–water partition coefficient (Wildman–Crippen LogP) is 4.45. The minimum Gasteiger partial charge on any atom is -0.480 e. The highest BCUT2D eigenvalue weighted by Gasteiger charge is 2.17. The highest BCUT2D eigenvalue weighted by atomic mass is 16.4. The Morgan fingerprint density at radius 3 is 2.50 bits per heavy atom. The van der Waals surface area contributed by atoms with Gasteiger partial charge in [0.2, 0.25) is 0 Å². The maximum Gasteiger partial charge on any atom is 0.317 e. The molecule has 28 heavy (non-hydrogen) atoms. The number of rotatable bonds is 8. The lowest BCUT2D eigenvalue weighted by Gasteiger charge is -2.19. The van der Waals surface area contributed by atoms with Crippen LogP contribution in [0.3, 0.4) is 0 Å². The van der Waals surface area contributed by atoms with Crippen molar-refractivity contribution in [2.24, 2.45) is 0 Å². The fourth-order valence-corrected chi connectivity index (χ4v) is 3.33. The molecule has 0 unspecified atom stereocenters. The smallest absolute Gasteiger partial charge is 0.317 e. The maximum absolute atomic E-state index is 11.3. The monoisotopic (exact) mass is 377 g/mol. The van der Waals surface area contributed by atoms with Crippen molar-refractivity contribution in [3.8, 4) is 16.9 Å². The summed E-state index contributed by atoms with van der Waals surface area (Å²) in [7, 11) is 0. The van der Waals surface area contributed by atoms with E-state index in [2.05, 4.69) is 39.0 Å². The summed E-state index contributed by atoms with van der Waals surface area (Å²) in [5, 5.41) is 14.1. The molecule has 0 saturated carbocycles. The Balaban J connectivity index is 2.04. The number of nitrogens with zero attached hydrogens (tertiary/aromatic N) is 3. The molecule has 146 valence electrons. The van der Waals surface area contributed by atoms with E-state index in [1.807, 2.05) is 46.1 Å². The van der Waals surface area contributed by atoms with Crippen LogP contribution in [0.15, 0.2) is 54.7 Å². The number of benzene rings is 2. The topological polar surface area (TPSA) is 58.4 Å². The predicted molar refractivity (Wildman–Crippen MR) is 112 cm³/mol. The maximum atomic E-state index is 11.3. The summed E-state index contributed by atoms with van der Waals surface area (Å²) in [5.74, 6) is -0.809. The minimum atomic E-state index is -0.809. The molecule has 5 heteroatoms. The Morgan fingerprint density at radius 1 is 1.11 bits per heavy atom. The molecule has 0 aliphatic heterocycles. The van der Waals surface area contributed by atoms with E-state index in [4.69, 9.17) is 5.10 Å². The second-order valence-corrected chi connectivity index (χ2v) is 7.19. The lowest BCUT2D eigenvalue weighted by Crippen LogP contribution is -2.30. The van der Waals surface area contributed by atoms with Crippen molar-refractivity contribution in [1.82, 2.24) is 14.7 Å². The number of hydrogen-bond donors (Lipinski definition) is 1. The average Bonchev–Trinajstić information content (AvgIpc) is 3.08. The first-order chi connectivity index (χ1) is 13.5. The lowest BCUT2D eigenvalue weighted by atomic mass is 10.0. The molecular formula is C23H27N3O2. The van der Waals surface area contributed by atoms with Crippen LogP contribution in [-0.4, -0.2) is 38.8 Å². The normalized spacial score (nSPS) is 11.1. The van der Waals surface area contributed by atoms with Crippen molar-refractivity contribution < 1.29 is 9.90 Å². The highest BCUT2D eigenvalue weighted by molar-refractivity contribution is 5.69. The van der Waals surface area contributed by atoms with E-state index in [9.17, 15) is 9.90 Å². The molecule has 0 saturated heterocycles. The van der Waals surface area contributed by atoms with E-state index in [0.717, 1.165) is 35.5 Å². The third kappa shape index (κ3) is 4.67. The van der Waals surface area contributed by atoms with Crippen molar-refractivity contribution in [2.45, 2.75) is 33.7 Å². The second-order valence-electron chi connectivity index (χ2n) is 7.19. The van der Waals surface area contributed by atoms with Crippen LogP contribution >= 0.6 is 0 Å². The molecule has 0 aliphatic carbocycles. The summed E-state index contributed by atoms with van der Waals surface area (Å²) in [4.78, 5) is 13.2. The van der Waals surface area contributed by atoms with Gasteiger partial charge >= 0.3 is 5.97 Å². The number of hydrogen-bond acceptors (Lipinski definition) is 3. The van der Waals surface area contributed by atoms with Gasteiger partial charge in [-0.1, -0.05) is 37.3 Å². The molecule has 0 atom stereocenters. The van der Waals surface area contributed by atoms with Gasteiger partial charge in [-0.3, -0.25) is 9.69 Å². The van der Waals surface area contributed by atoms with Crippen LogP contribution in [0.2, 0.25) is 0 Å². The first kappa shape index (κ1) is 19.8. The molecule has 1 N–H and O–H groups in total. The lowest BCUT2D eigenvalue weighted by molar-refractivity contribution is -0.138. The third-order valence-corrected chi connectivity index (χ3v) is 4.88. The van der Waals surface area contributed by atoms with Crippen molar-refractivity contribution in [2.75, 3.05) is 13.1 Å². The molecule has 2 aromatic carbocycles. The number of carboxylic acid groups (broad SMARTS) is 1. The number of carbonyl (C=O) groups is 1. The molecule has 1 aromatic heterocycles. The Labute approximate surface area is 166 Å².